The van der Waals surface area contributed by atoms with Gasteiger partial charge in [-0.2, -0.15) is 0 Å². The standard InChI is InChI=1S/C13H14N2/c1-10-5-6-15-13(7-10)12-4-2-3-11(8-12)9-14/h2-8H,9,14H2,1H3. The normalized spacial score (nSPS) is 10.3. The molecule has 2 heteroatoms. The molecule has 2 rings (SSSR count). The Labute approximate surface area is 89.8 Å². The summed E-state index contributed by atoms with van der Waals surface area (Å²) in [5.74, 6) is 0. The van der Waals surface area contributed by atoms with Crippen LogP contribution in [0.2, 0.25) is 0 Å². The fraction of sp³-hybridized carbons (Fsp3) is 0.154. The highest BCUT2D eigenvalue weighted by atomic mass is 14.7. The van der Waals surface area contributed by atoms with Crippen LogP contribution < -0.4 is 5.73 Å². The smallest absolute Gasteiger partial charge is 0.0704 e. The van der Waals surface area contributed by atoms with E-state index < -0.39 is 0 Å². The van der Waals surface area contributed by atoms with Crippen LogP contribution in [0.25, 0.3) is 11.3 Å². The number of benzene rings is 1. The quantitative estimate of drug-likeness (QED) is 0.805. The van der Waals surface area contributed by atoms with E-state index in [0.29, 0.717) is 6.54 Å². The Kier molecular flexibility index (Phi) is 2.79. The minimum absolute atomic E-state index is 0.569. The van der Waals surface area contributed by atoms with E-state index in [1.807, 2.05) is 24.4 Å². The lowest BCUT2D eigenvalue weighted by atomic mass is 10.1. The fourth-order valence-electron chi connectivity index (χ4n) is 1.55. The van der Waals surface area contributed by atoms with Crippen LogP contribution in [0.15, 0.2) is 42.6 Å². The number of aryl methyl sites for hydroxylation is 1. The highest BCUT2D eigenvalue weighted by molar-refractivity contribution is 5.60. The first-order valence-corrected chi connectivity index (χ1v) is 5.01. The zero-order chi connectivity index (χ0) is 10.7. The summed E-state index contributed by atoms with van der Waals surface area (Å²) in [6, 6.07) is 12.3. The van der Waals surface area contributed by atoms with Crippen molar-refractivity contribution in [3.05, 3.63) is 53.7 Å². The Hall–Kier alpha value is -1.67. The van der Waals surface area contributed by atoms with Gasteiger partial charge in [0.25, 0.3) is 0 Å². The van der Waals surface area contributed by atoms with Gasteiger partial charge in [-0.15, -0.1) is 0 Å². The fourth-order valence-corrected chi connectivity index (χ4v) is 1.55. The van der Waals surface area contributed by atoms with Crippen LogP contribution in [-0.2, 0) is 6.54 Å². The van der Waals surface area contributed by atoms with E-state index in [9.17, 15) is 0 Å². The third-order valence-electron chi connectivity index (χ3n) is 2.37. The van der Waals surface area contributed by atoms with Gasteiger partial charge >= 0.3 is 0 Å². The number of nitrogens with two attached hydrogens (primary N) is 1. The molecule has 0 aliphatic heterocycles. The molecule has 0 aliphatic carbocycles. The third-order valence-corrected chi connectivity index (χ3v) is 2.37. The monoisotopic (exact) mass is 198 g/mol. The molecule has 0 bridgehead atoms. The van der Waals surface area contributed by atoms with E-state index in [1.165, 1.54) is 5.56 Å². The Morgan fingerprint density at radius 2 is 2.07 bits per heavy atom. The maximum absolute atomic E-state index is 5.61. The summed E-state index contributed by atoms with van der Waals surface area (Å²) in [4.78, 5) is 4.34. The van der Waals surface area contributed by atoms with Gasteiger partial charge in [0, 0.05) is 18.3 Å². The maximum atomic E-state index is 5.61. The topological polar surface area (TPSA) is 38.9 Å². The van der Waals surface area contributed by atoms with E-state index in [-0.39, 0.29) is 0 Å². The Bertz CT molecular complexity index is 464. The zero-order valence-electron chi connectivity index (χ0n) is 8.77. The largest absolute Gasteiger partial charge is 0.326 e. The van der Waals surface area contributed by atoms with Crippen molar-refractivity contribution >= 4 is 0 Å². The predicted molar refractivity (Wildman–Crippen MR) is 62.3 cm³/mol. The number of aromatic nitrogens is 1. The summed E-state index contributed by atoms with van der Waals surface area (Å²) in [5.41, 5.74) is 10.1. The van der Waals surface area contributed by atoms with Gasteiger partial charge in [-0.25, -0.2) is 0 Å². The zero-order valence-corrected chi connectivity index (χ0v) is 8.77. The van der Waals surface area contributed by atoms with E-state index in [4.69, 9.17) is 5.73 Å². The van der Waals surface area contributed by atoms with Crippen LogP contribution in [0.3, 0.4) is 0 Å². The van der Waals surface area contributed by atoms with Crippen molar-refractivity contribution in [1.82, 2.24) is 4.98 Å². The van der Waals surface area contributed by atoms with Crippen LogP contribution in [0, 0.1) is 6.92 Å². The SMILES string of the molecule is Cc1ccnc(-c2cccc(CN)c2)c1. The molecule has 1 aromatic heterocycles. The van der Waals surface area contributed by atoms with Crippen molar-refractivity contribution in [2.24, 2.45) is 5.73 Å². The molecule has 76 valence electrons. The lowest BCUT2D eigenvalue weighted by molar-refractivity contribution is 1.07. The molecule has 0 fully saturated rings. The van der Waals surface area contributed by atoms with Crippen molar-refractivity contribution < 1.29 is 0 Å². The van der Waals surface area contributed by atoms with Gasteiger partial charge in [0.05, 0.1) is 5.69 Å². The average Bonchev–Trinajstić information content (AvgIpc) is 2.29. The summed E-state index contributed by atoms with van der Waals surface area (Å²) in [6.07, 6.45) is 1.83. The van der Waals surface area contributed by atoms with Crippen molar-refractivity contribution in [2.45, 2.75) is 13.5 Å². The molecule has 0 saturated carbocycles. The van der Waals surface area contributed by atoms with Gasteiger partial charge in [-0.1, -0.05) is 18.2 Å². The van der Waals surface area contributed by atoms with E-state index in [0.717, 1.165) is 16.8 Å². The minimum Gasteiger partial charge on any atom is -0.326 e. The van der Waals surface area contributed by atoms with Gasteiger partial charge in [0.1, 0.15) is 0 Å². The van der Waals surface area contributed by atoms with Gasteiger partial charge in [-0.3, -0.25) is 4.98 Å². The molecular weight excluding hydrogens is 184 g/mol. The minimum atomic E-state index is 0.569. The predicted octanol–water partition coefficient (Wildman–Crippen LogP) is 2.52. The molecule has 2 aromatic rings. The first-order chi connectivity index (χ1) is 7.29. The number of pyridine rings is 1. The molecule has 1 aromatic carbocycles. The molecule has 15 heavy (non-hydrogen) atoms. The Balaban J connectivity index is 2.44. The second-order valence-electron chi connectivity index (χ2n) is 3.62. The van der Waals surface area contributed by atoms with Crippen LogP contribution in [-0.4, -0.2) is 4.98 Å². The maximum Gasteiger partial charge on any atom is 0.0704 e. The van der Waals surface area contributed by atoms with Crippen molar-refractivity contribution in [3.63, 3.8) is 0 Å². The van der Waals surface area contributed by atoms with Gasteiger partial charge < -0.3 is 5.73 Å². The summed E-state index contributed by atoms with van der Waals surface area (Å²) in [6.45, 7) is 2.64. The first kappa shape index (κ1) is 9.87. The average molecular weight is 198 g/mol. The summed E-state index contributed by atoms with van der Waals surface area (Å²) in [7, 11) is 0. The van der Waals surface area contributed by atoms with Crippen molar-refractivity contribution in [2.75, 3.05) is 0 Å². The van der Waals surface area contributed by atoms with E-state index >= 15 is 0 Å². The van der Waals surface area contributed by atoms with Gasteiger partial charge in [0.15, 0.2) is 0 Å². The molecule has 0 spiro atoms. The lowest BCUT2D eigenvalue weighted by Crippen LogP contribution is -1.96. The van der Waals surface area contributed by atoms with Crippen LogP contribution >= 0.6 is 0 Å². The molecule has 1 heterocycles. The highest BCUT2D eigenvalue weighted by Gasteiger charge is 1.99. The van der Waals surface area contributed by atoms with Crippen molar-refractivity contribution in [1.29, 1.82) is 0 Å². The van der Waals surface area contributed by atoms with E-state index in [2.05, 4.69) is 30.1 Å². The van der Waals surface area contributed by atoms with Crippen LogP contribution in [0.4, 0.5) is 0 Å². The first-order valence-electron chi connectivity index (χ1n) is 5.01. The third kappa shape index (κ3) is 2.22. The highest BCUT2D eigenvalue weighted by Crippen LogP contribution is 2.18. The van der Waals surface area contributed by atoms with Crippen LogP contribution in [0.1, 0.15) is 11.1 Å². The second kappa shape index (κ2) is 4.24. The lowest BCUT2D eigenvalue weighted by Gasteiger charge is -2.03. The number of rotatable bonds is 2. The van der Waals surface area contributed by atoms with Gasteiger partial charge in [0.2, 0.25) is 0 Å². The molecule has 2 nitrogen and oxygen atoms in total. The Morgan fingerprint density at radius 3 is 2.80 bits per heavy atom. The number of hydrogen-bond donors (Lipinski definition) is 1. The van der Waals surface area contributed by atoms with Gasteiger partial charge in [-0.05, 0) is 36.2 Å². The van der Waals surface area contributed by atoms with E-state index in [1.54, 1.807) is 0 Å². The molecule has 0 aliphatic rings. The molecular formula is C13H14N2. The molecule has 0 saturated heterocycles. The summed E-state index contributed by atoms with van der Waals surface area (Å²) >= 11 is 0. The molecule has 0 atom stereocenters. The Morgan fingerprint density at radius 1 is 1.20 bits per heavy atom. The molecule has 0 unspecified atom stereocenters. The molecule has 2 N–H and O–H groups in total. The summed E-state index contributed by atoms with van der Waals surface area (Å²) < 4.78 is 0. The molecule has 0 radical (unpaired) electrons. The second-order valence-corrected chi connectivity index (χ2v) is 3.62. The summed E-state index contributed by atoms with van der Waals surface area (Å²) in [5, 5.41) is 0. The number of nitrogens with zero attached hydrogens (tertiary/aromatic N) is 1. The molecule has 0 amide bonds. The van der Waals surface area contributed by atoms with Crippen molar-refractivity contribution in [3.8, 4) is 11.3 Å². The number of hydrogen-bond acceptors (Lipinski definition) is 2. The van der Waals surface area contributed by atoms with Crippen LogP contribution in [0.5, 0.6) is 0 Å².